The summed E-state index contributed by atoms with van der Waals surface area (Å²) >= 11 is 2.67. The Kier molecular flexibility index (Phi) is 4.00. The Balaban J connectivity index is 1.45. The molecule has 2 N–H and O–H groups in total. The Bertz CT molecular complexity index is 1020. The van der Waals surface area contributed by atoms with E-state index in [1.165, 1.54) is 28.9 Å². The number of carbonyl (C=O) groups excluding carboxylic acids is 2. The fraction of sp³-hybridized carbons (Fsp3) is 0. The van der Waals surface area contributed by atoms with E-state index in [4.69, 9.17) is 4.42 Å². The number of hydrogen-bond acceptors (Lipinski definition) is 7. The first-order valence-electron chi connectivity index (χ1n) is 7.16. The van der Waals surface area contributed by atoms with Gasteiger partial charge in [0.2, 0.25) is 0 Å². The summed E-state index contributed by atoms with van der Waals surface area (Å²) in [7, 11) is 0. The molecular weight excluding hydrogens is 360 g/mol. The van der Waals surface area contributed by atoms with E-state index in [-0.39, 0.29) is 17.6 Å². The maximum atomic E-state index is 12.2. The van der Waals surface area contributed by atoms with E-state index in [1.807, 2.05) is 24.3 Å². The SMILES string of the molecule is O=C(Nc1nc2ccccc2s1)c1coc(NC(=O)c2cccs2)n1. The van der Waals surface area contributed by atoms with Gasteiger partial charge >= 0.3 is 6.01 Å². The largest absolute Gasteiger partial charge is 0.431 e. The van der Waals surface area contributed by atoms with Gasteiger partial charge in [0, 0.05) is 0 Å². The number of hydrogen-bond donors (Lipinski definition) is 2. The van der Waals surface area contributed by atoms with Crippen LogP contribution in [0.1, 0.15) is 20.2 Å². The topological polar surface area (TPSA) is 97.1 Å². The van der Waals surface area contributed by atoms with E-state index < -0.39 is 5.91 Å². The zero-order chi connectivity index (χ0) is 17.2. The average Bonchev–Trinajstić information content (AvgIpc) is 3.34. The highest BCUT2D eigenvalue weighted by Gasteiger charge is 2.16. The van der Waals surface area contributed by atoms with Crippen molar-refractivity contribution in [2.75, 3.05) is 10.6 Å². The van der Waals surface area contributed by atoms with Crippen LogP contribution in [0.5, 0.6) is 0 Å². The van der Waals surface area contributed by atoms with Crippen LogP contribution in [-0.4, -0.2) is 21.8 Å². The van der Waals surface area contributed by atoms with Crippen molar-refractivity contribution in [3.8, 4) is 0 Å². The number of nitrogens with one attached hydrogen (secondary N) is 2. The number of para-hydroxylation sites is 1. The number of anilines is 2. The summed E-state index contributed by atoms with van der Waals surface area (Å²) in [5.74, 6) is -0.797. The lowest BCUT2D eigenvalue weighted by Gasteiger charge is -1.97. The highest BCUT2D eigenvalue weighted by Crippen LogP contribution is 2.25. The van der Waals surface area contributed by atoms with E-state index in [2.05, 4.69) is 20.6 Å². The van der Waals surface area contributed by atoms with Gasteiger partial charge in [-0.1, -0.05) is 29.5 Å². The third kappa shape index (κ3) is 3.28. The zero-order valence-electron chi connectivity index (χ0n) is 12.6. The first-order chi connectivity index (χ1) is 12.2. The standard InChI is InChI=1S/C16H10N4O3S2/c21-13(20-16-18-9-4-1-2-5-11(9)25-16)10-8-23-15(17-10)19-14(22)12-6-3-7-24-12/h1-8H,(H,17,19,22)(H,18,20,21). The summed E-state index contributed by atoms with van der Waals surface area (Å²) in [5, 5.41) is 7.45. The van der Waals surface area contributed by atoms with Gasteiger partial charge in [-0.05, 0) is 23.6 Å². The van der Waals surface area contributed by atoms with Gasteiger partial charge in [0.05, 0.1) is 15.1 Å². The van der Waals surface area contributed by atoms with Crippen molar-refractivity contribution in [2.45, 2.75) is 0 Å². The number of fused-ring (bicyclic) bond motifs is 1. The molecule has 3 heterocycles. The molecule has 1 aromatic carbocycles. The van der Waals surface area contributed by atoms with Gasteiger partial charge < -0.3 is 4.42 Å². The number of nitrogens with zero attached hydrogens (tertiary/aromatic N) is 2. The zero-order valence-corrected chi connectivity index (χ0v) is 14.2. The monoisotopic (exact) mass is 370 g/mol. The lowest BCUT2D eigenvalue weighted by Crippen LogP contribution is -2.13. The van der Waals surface area contributed by atoms with Gasteiger partial charge in [-0.25, -0.2) is 4.98 Å². The molecule has 0 atom stereocenters. The Hall–Kier alpha value is -3.04. The van der Waals surface area contributed by atoms with Gasteiger partial charge in [0.25, 0.3) is 11.8 Å². The second kappa shape index (κ2) is 6.46. The minimum absolute atomic E-state index is 0.0344. The number of benzene rings is 1. The predicted octanol–water partition coefficient (Wildman–Crippen LogP) is 3.85. The van der Waals surface area contributed by atoms with Crippen LogP contribution in [0.3, 0.4) is 0 Å². The summed E-state index contributed by atoms with van der Waals surface area (Å²) in [4.78, 5) is 33.0. The first kappa shape index (κ1) is 15.5. The Labute approximate surface area is 149 Å². The summed E-state index contributed by atoms with van der Waals surface area (Å²) in [5.41, 5.74) is 0.868. The van der Waals surface area contributed by atoms with Crippen molar-refractivity contribution < 1.29 is 14.0 Å². The highest BCUT2D eigenvalue weighted by molar-refractivity contribution is 7.22. The van der Waals surface area contributed by atoms with Crippen LogP contribution in [-0.2, 0) is 0 Å². The fourth-order valence-corrected chi connectivity index (χ4v) is 3.57. The van der Waals surface area contributed by atoms with Crippen LogP contribution in [0.2, 0.25) is 0 Å². The molecule has 0 radical (unpaired) electrons. The summed E-state index contributed by atoms with van der Waals surface area (Å²) in [6.45, 7) is 0. The maximum Gasteiger partial charge on any atom is 0.302 e. The van der Waals surface area contributed by atoms with Crippen molar-refractivity contribution in [1.29, 1.82) is 0 Å². The molecular formula is C16H10N4O3S2. The molecule has 0 aliphatic rings. The lowest BCUT2D eigenvalue weighted by atomic mass is 10.3. The van der Waals surface area contributed by atoms with Crippen LogP contribution in [0.15, 0.2) is 52.5 Å². The van der Waals surface area contributed by atoms with Crippen molar-refractivity contribution in [3.05, 3.63) is 58.6 Å². The number of amides is 2. The lowest BCUT2D eigenvalue weighted by molar-refractivity contribution is 0.101. The van der Waals surface area contributed by atoms with Crippen molar-refractivity contribution >= 4 is 55.9 Å². The summed E-state index contributed by atoms with van der Waals surface area (Å²) in [6.07, 6.45) is 1.19. The van der Waals surface area contributed by atoms with Crippen LogP contribution in [0, 0.1) is 0 Å². The van der Waals surface area contributed by atoms with Crippen LogP contribution in [0.25, 0.3) is 10.2 Å². The molecule has 25 heavy (non-hydrogen) atoms. The van der Waals surface area contributed by atoms with Gasteiger partial charge in [-0.15, -0.1) is 11.3 Å². The molecule has 0 spiro atoms. The van der Waals surface area contributed by atoms with E-state index in [1.54, 1.807) is 17.5 Å². The van der Waals surface area contributed by atoms with Crippen molar-refractivity contribution in [3.63, 3.8) is 0 Å². The number of thiophene rings is 1. The Morgan fingerprint density at radius 3 is 2.68 bits per heavy atom. The molecule has 4 rings (SSSR count). The van der Waals surface area contributed by atoms with Crippen LogP contribution < -0.4 is 10.6 Å². The number of oxazole rings is 1. The average molecular weight is 370 g/mol. The van der Waals surface area contributed by atoms with E-state index in [9.17, 15) is 9.59 Å². The molecule has 2 amide bonds. The van der Waals surface area contributed by atoms with Crippen LogP contribution in [0.4, 0.5) is 11.1 Å². The number of rotatable bonds is 4. The smallest absolute Gasteiger partial charge is 0.302 e. The fourth-order valence-electron chi connectivity index (χ4n) is 2.09. The Morgan fingerprint density at radius 2 is 1.88 bits per heavy atom. The third-order valence-corrected chi connectivity index (χ3v) is 5.04. The van der Waals surface area contributed by atoms with Crippen LogP contribution >= 0.6 is 22.7 Å². The van der Waals surface area contributed by atoms with E-state index >= 15 is 0 Å². The highest BCUT2D eigenvalue weighted by atomic mass is 32.1. The van der Waals surface area contributed by atoms with Gasteiger partial charge in [-0.3, -0.25) is 20.2 Å². The van der Waals surface area contributed by atoms with Gasteiger partial charge in [0.15, 0.2) is 10.8 Å². The first-order valence-corrected chi connectivity index (χ1v) is 8.86. The maximum absolute atomic E-state index is 12.2. The summed E-state index contributed by atoms with van der Waals surface area (Å²) in [6, 6.07) is 11.0. The molecule has 0 unspecified atom stereocenters. The molecule has 9 heteroatoms. The van der Waals surface area contributed by atoms with Crippen molar-refractivity contribution in [1.82, 2.24) is 9.97 Å². The number of thiazole rings is 1. The molecule has 3 aromatic heterocycles. The van der Waals surface area contributed by atoms with E-state index in [0.717, 1.165) is 10.2 Å². The Morgan fingerprint density at radius 1 is 1.00 bits per heavy atom. The number of aromatic nitrogens is 2. The molecule has 4 aromatic rings. The van der Waals surface area contributed by atoms with E-state index in [0.29, 0.717) is 10.0 Å². The predicted molar refractivity (Wildman–Crippen MR) is 96.3 cm³/mol. The van der Waals surface area contributed by atoms with Crippen molar-refractivity contribution in [2.24, 2.45) is 0 Å². The van der Waals surface area contributed by atoms with Gasteiger partial charge in [0.1, 0.15) is 6.26 Å². The molecule has 0 bridgehead atoms. The minimum atomic E-state index is -0.459. The molecule has 0 aliphatic heterocycles. The molecule has 124 valence electrons. The second-order valence-electron chi connectivity index (χ2n) is 4.91. The number of carbonyl (C=O) groups is 2. The molecule has 0 fully saturated rings. The quantitative estimate of drug-likeness (QED) is 0.569. The molecule has 7 nitrogen and oxygen atoms in total. The minimum Gasteiger partial charge on any atom is -0.431 e. The molecule has 0 saturated heterocycles. The van der Waals surface area contributed by atoms with Gasteiger partial charge in [-0.2, -0.15) is 4.98 Å². The molecule has 0 aliphatic carbocycles. The summed E-state index contributed by atoms with van der Waals surface area (Å²) < 4.78 is 6.11. The normalized spacial score (nSPS) is 10.7. The molecule has 0 saturated carbocycles. The second-order valence-corrected chi connectivity index (χ2v) is 6.89. The third-order valence-electron chi connectivity index (χ3n) is 3.22.